The van der Waals surface area contributed by atoms with Crippen LogP contribution in [0.2, 0.25) is 0 Å². The van der Waals surface area contributed by atoms with E-state index in [-0.39, 0.29) is 33.6 Å². The Bertz CT molecular complexity index is 1170. The van der Waals surface area contributed by atoms with Crippen molar-refractivity contribution in [2.24, 2.45) is 0 Å². The van der Waals surface area contributed by atoms with Crippen LogP contribution in [-0.4, -0.2) is 33.4 Å². The summed E-state index contributed by atoms with van der Waals surface area (Å²) in [4.78, 5) is 17.1. The summed E-state index contributed by atoms with van der Waals surface area (Å²) in [5.41, 5.74) is 1.42. The zero-order valence-electron chi connectivity index (χ0n) is 16.9. The van der Waals surface area contributed by atoms with Gasteiger partial charge in [-0.05, 0) is 35.8 Å². The van der Waals surface area contributed by atoms with Gasteiger partial charge in [0, 0.05) is 19.8 Å². The SMILES string of the molecule is C=CC(=O)Nc1ccc(CS(=O)(=O)c2nc(N(C)C)c(C#N)c(CC)c2C#N)cc1. The number of hydrogen-bond donors (Lipinski definition) is 1. The molecule has 154 valence electrons. The van der Waals surface area contributed by atoms with Crippen LogP contribution in [0.1, 0.15) is 29.2 Å². The number of pyridine rings is 1. The quantitative estimate of drug-likeness (QED) is 0.678. The fourth-order valence-electron chi connectivity index (χ4n) is 2.90. The Labute approximate surface area is 176 Å². The molecule has 0 fully saturated rings. The van der Waals surface area contributed by atoms with Gasteiger partial charge in [-0.2, -0.15) is 10.5 Å². The molecule has 1 amide bonds. The Kier molecular flexibility index (Phi) is 6.93. The zero-order valence-corrected chi connectivity index (χ0v) is 17.7. The second-order valence-corrected chi connectivity index (χ2v) is 8.49. The highest BCUT2D eigenvalue weighted by molar-refractivity contribution is 7.90. The van der Waals surface area contributed by atoms with E-state index in [4.69, 9.17) is 0 Å². The molecule has 0 spiro atoms. The van der Waals surface area contributed by atoms with Crippen LogP contribution < -0.4 is 10.2 Å². The molecule has 9 heteroatoms. The maximum Gasteiger partial charge on any atom is 0.247 e. The van der Waals surface area contributed by atoms with E-state index < -0.39 is 9.84 Å². The number of nitriles is 2. The summed E-state index contributed by atoms with van der Waals surface area (Å²) in [5, 5.41) is 21.4. The predicted octanol–water partition coefficient (Wildman–Crippen LogP) is 2.55. The molecule has 8 nitrogen and oxygen atoms in total. The average Bonchev–Trinajstić information content (AvgIpc) is 2.72. The Balaban J connectivity index is 2.53. The first kappa shape index (κ1) is 22.6. The number of nitrogens with one attached hydrogen (secondary N) is 1. The van der Waals surface area contributed by atoms with E-state index in [1.165, 1.54) is 0 Å². The number of hydrogen-bond acceptors (Lipinski definition) is 7. The van der Waals surface area contributed by atoms with Crippen LogP contribution in [-0.2, 0) is 26.8 Å². The number of carbonyl (C=O) groups is 1. The number of sulfone groups is 1. The van der Waals surface area contributed by atoms with Crippen molar-refractivity contribution in [2.45, 2.75) is 24.1 Å². The van der Waals surface area contributed by atoms with Gasteiger partial charge in [0.2, 0.25) is 15.7 Å². The molecule has 0 radical (unpaired) electrons. The number of amides is 1. The summed E-state index contributed by atoms with van der Waals surface area (Å²) in [6, 6.07) is 10.2. The molecule has 1 aromatic heterocycles. The lowest BCUT2D eigenvalue weighted by Crippen LogP contribution is -2.19. The summed E-state index contributed by atoms with van der Waals surface area (Å²) in [6.45, 7) is 5.12. The number of rotatable bonds is 7. The van der Waals surface area contributed by atoms with E-state index in [2.05, 4.69) is 16.9 Å². The second kappa shape index (κ2) is 9.21. The van der Waals surface area contributed by atoms with Gasteiger partial charge in [0.15, 0.2) is 5.03 Å². The van der Waals surface area contributed by atoms with Gasteiger partial charge < -0.3 is 10.2 Å². The first-order valence-corrected chi connectivity index (χ1v) is 10.6. The van der Waals surface area contributed by atoms with E-state index in [0.29, 0.717) is 23.2 Å². The molecular weight excluding hydrogens is 402 g/mol. The van der Waals surface area contributed by atoms with Gasteiger partial charge in [0.25, 0.3) is 0 Å². The third-order valence-corrected chi connectivity index (χ3v) is 5.91. The summed E-state index contributed by atoms with van der Waals surface area (Å²) in [6.07, 6.45) is 1.45. The highest BCUT2D eigenvalue weighted by Crippen LogP contribution is 2.30. The monoisotopic (exact) mass is 423 g/mol. The fourth-order valence-corrected chi connectivity index (χ4v) is 4.37. The van der Waals surface area contributed by atoms with Crippen molar-refractivity contribution in [3.05, 3.63) is 59.2 Å². The molecule has 0 aliphatic heterocycles. The third kappa shape index (κ3) is 4.65. The van der Waals surface area contributed by atoms with Crippen molar-refractivity contribution in [3.63, 3.8) is 0 Å². The molecule has 2 aromatic rings. The topological polar surface area (TPSA) is 127 Å². The van der Waals surface area contributed by atoms with Crippen molar-refractivity contribution in [2.75, 3.05) is 24.3 Å². The lowest BCUT2D eigenvalue weighted by atomic mass is 10.0. The first-order valence-electron chi connectivity index (χ1n) is 8.98. The van der Waals surface area contributed by atoms with E-state index in [1.54, 1.807) is 50.2 Å². The number of aromatic nitrogens is 1. The molecule has 0 atom stereocenters. The Morgan fingerprint density at radius 1 is 1.20 bits per heavy atom. The van der Waals surface area contributed by atoms with Crippen LogP contribution in [0.5, 0.6) is 0 Å². The molecule has 0 aliphatic carbocycles. The molecule has 1 aromatic carbocycles. The van der Waals surface area contributed by atoms with Crippen LogP contribution in [0.15, 0.2) is 41.9 Å². The molecule has 0 bridgehead atoms. The van der Waals surface area contributed by atoms with Crippen molar-refractivity contribution >= 4 is 27.2 Å². The minimum atomic E-state index is -3.98. The standard InChI is InChI=1S/C21H21N5O3S/c1-5-16-17(11-22)20(26(3)4)25-21(18(16)12-23)30(28,29)13-14-7-9-15(10-8-14)24-19(27)6-2/h6-10H,2,5,13H2,1,3-4H3,(H,24,27). The number of benzene rings is 1. The van der Waals surface area contributed by atoms with Crippen LogP contribution in [0.25, 0.3) is 0 Å². The van der Waals surface area contributed by atoms with Crippen molar-refractivity contribution in [1.29, 1.82) is 10.5 Å². The summed E-state index contributed by atoms with van der Waals surface area (Å²) in [7, 11) is -0.675. The summed E-state index contributed by atoms with van der Waals surface area (Å²) >= 11 is 0. The maximum absolute atomic E-state index is 13.1. The van der Waals surface area contributed by atoms with E-state index in [0.717, 1.165) is 6.08 Å². The third-order valence-electron chi connectivity index (χ3n) is 4.31. The average molecular weight is 423 g/mol. The molecule has 0 saturated heterocycles. The van der Waals surface area contributed by atoms with Gasteiger partial charge in [-0.3, -0.25) is 4.79 Å². The normalized spacial score (nSPS) is 10.6. The molecule has 0 saturated carbocycles. The molecule has 1 N–H and O–H groups in total. The van der Waals surface area contributed by atoms with Gasteiger partial charge in [-0.15, -0.1) is 0 Å². The largest absolute Gasteiger partial charge is 0.362 e. The van der Waals surface area contributed by atoms with Gasteiger partial charge in [-0.1, -0.05) is 25.6 Å². The van der Waals surface area contributed by atoms with E-state index in [9.17, 15) is 23.7 Å². The molecule has 0 unspecified atom stereocenters. The van der Waals surface area contributed by atoms with Crippen LogP contribution in [0.4, 0.5) is 11.5 Å². The molecular formula is C21H21N5O3S. The van der Waals surface area contributed by atoms with Crippen molar-refractivity contribution in [3.8, 4) is 12.1 Å². The molecule has 0 aliphatic rings. The Hall–Kier alpha value is -3.69. The summed E-state index contributed by atoms with van der Waals surface area (Å²) < 4.78 is 26.3. The van der Waals surface area contributed by atoms with Crippen molar-refractivity contribution in [1.82, 2.24) is 4.98 Å². The van der Waals surface area contributed by atoms with E-state index in [1.807, 2.05) is 12.1 Å². The number of carbonyl (C=O) groups excluding carboxylic acids is 1. The molecule has 2 rings (SSSR count). The smallest absolute Gasteiger partial charge is 0.247 e. The van der Waals surface area contributed by atoms with Crippen LogP contribution in [0, 0.1) is 22.7 Å². The predicted molar refractivity (Wildman–Crippen MR) is 114 cm³/mol. The lowest BCUT2D eigenvalue weighted by Gasteiger charge is -2.18. The molecule has 1 heterocycles. The first-order chi connectivity index (χ1) is 14.2. The van der Waals surface area contributed by atoms with Gasteiger partial charge >= 0.3 is 0 Å². The van der Waals surface area contributed by atoms with Crippen LogP contribution >= 0.6 is 0 Å². The molecule has 30 heavy (non-hydrogen) atoms. The van der Waals surface area contributed by atoms with Gasteiger partial charge in [0.1, 0.15) is 18.0 Å². The van der Waals surface area contributed by atoms with Gasteiger partial charge in [0.05, 0.1) is 16.9 Å². The maximum atomic E-state index is 13.1. The Morgan fingerprint density at radius 3 is 2.27 bits per heavy atom. The van der Waals surface area contributed by atoms with Crippen molar-refractivity contribution < 1.29 is 13.2 Å². The Morgan fingerprint density at radius 2 is 1.80 bits per heavy atom. The zero-order chi connectivity index (χ0) is 22.5. The minimum Gasteiger partial charge on any atom is -0.362 e. The second-order valence-electron chi connectivity index (χ2n) is 6.59. The minimum absolute atomic E-state index is 0.102. The highest BCUT2D eigenvalue weighted by Gasteiger charge is 2.28. The lowest BCUT2D eigenvalue weighted by molar-refractivity contribution is -0.111. The number of anilines is 2. The fraction of sp³-hybridized carbons (Fsp3) is 0.238. The number of nitrogens with zero attached hydrogens (tertiary/aromatic N) is 4. The van der Waals surface area contributed by atoms with Gasteiger partial charge in [-0.25, -0.2) is 13.4 Å². The van der Waals surface area contributed by atoms with Crippen LogP contribution in [0.3, 0.4) is 0 Å². The highest BCUT2D eigenvalue weighted by atomic mass is 32.2. The summed E-state index contributed by atoms with van der Waals surface area (Å²) in [5.74, 6) is -0.555. The van der Waals surface area contributed by atoms with E-state index >= 15 is 0 Å².